The molecule has 1 aromatic rings. The van der Waals surface area contributed by atoms with Gasteiger partial charge in [-0.1, -0.05) is 19.1 Å². The minimum Gasteiger partial charge on any atom is -0.435 e. The molecule has 33 heavy (non-hydrogen) atoms. The molecule has 2 heterocycles. The normalized spacial score (nSPS) is 25.3. The highest BCUT2D eigenvalue weighted by Crippen LogP contribution is 2.31. The molecular weight excluding hydrogens is 460 g/mol. The fourth-order valence-electron chi connectivity index (χ4n) is 4.22. The van der Waals surface area contributed by atoms with Crippen LogP contribution in [-0.4, -0.2) is 72.8 Å². The number of sulfone groups is 1. The lowest BCUT2D eigenvalue weighted by molar-refractivity contribution is -0.141. The number of nitrogens with zero attached hydrogens (tertiary/aromatic N) is 2. The van der Waals surface area contributed by atoms with E-state index in [1.54, 1.807) is 6.92 Å². The van der Waals surface area contributed by atoms with Gasteiger partial charge in [-0.3, -0.25) is 14.5 Å². The Hall–Kier alpha value is -2.76. The molecule has 1 N–H and O–H groups in total. The Bertz CT molecular complexity index is 1030. The molecule has 182 valence electrons. The minimum absolute atomic E-state index is 0.00957. The summed E-state index contributed by atoms with van der Waals surface area (Å²) in [6, 6.07) is 3.73. The summed E-state index contributed by atoms with van der Waals surface area (Å²) in [7, 11) is -3.24. The van der Waals surface area contributed by atoms with E-state index in [1.165, 1.54) is 36.1 Å². The van der Waals surface area contributed by atoms with E-state index in [2.05, 4.69) is 10.1 Å². The third-order valence-electron chi connectivity index (χ3n) is 6.18. The summed E-state index contributed by atoms with van der Waals surface area (Å²) in [5, 5.41) is 2.56. The first-order chi connectivity index (χ1) is 15.4. The lowest BCUT2D eigenvalue weighted by atomic mass is 9.92. The number of benzene rings is 1. The number of carbonyl (C=O) groups is 3. The van der Waals surface area contributed by atoms with E-state index in [0.717, 1.165) is 4.90 Å². The van der Waals surface area contributed by atoms with Crippen LogP contribution in [0.25, 0.3) is 0 Å². The van der Waals surface area contributed by atoms with Gasteiger partial charge in [0.25, 0.3) is 5.91 Å². The Labute approximate surface area is 191 Å². The van der Waals surface area contributed by atoms with Crippen molar-refractivity contribution in [1.29, 1.82) is 0 Å². The third-order valence-corrected chi connectivity index (χ3v) is 7.93. The van der Waals surface area contributed by atoms with Gasteiger partial charge in [-0.25, -0.2) is 13.2 Å². The van der Waals surface area contributed by atoms with Crippen LogP contribution in [0.2, 0.25) is 0 Å². The smallest absolute Gasteiger partial charge is 0.387 e. The van der Waals surface area contributed by atoms with Crippen LogP contribution in [0.5, 0.6) is 5.75 Å². The van der Waals surface area contributed by atoms with Gasteiger partial charge in [0.1, 0.15) is 17.8 Å². The van der Waals surface area contributed by atoms with E-state index in [-0.39, 0.29) is 23.3 Å². The van der Waals surface area contributed by atoms with Gasteiger partial charge in [0.15, 0.2) is 9.84 Å². The van der Waals surface area contributed by atoms with Crippen molar-refractivity contribution >= 4 is 27.7 Å². The molecule has 0 radical (unpaired) electrons. The second-order valence-corrected chi connectivity index (χ2v) is 10.7. The maximum absolute atomic E-state index is 13.2. The predicted octanol–water partition coefficient (Wildman–Crippen LogP) is 1.87. The summed E-state index contributed by atoms with van der Waals surface area (Å²) in [4.78, 5) is 41.2. The molecule has 12 heteroatoms. The van der Waals surface area contributed by atoms with E-state index >= 15 is 0 Å². The maximum Gasteiger partial charge on any atom is 0.387 e. The van der Waals surface area contributed by atoms with Crippen LogP contribution in [0, 0.1) is 0 Å². The topological polar surface area (TPSA) is 113 Å². The molecular formula is C21H27F2N3O6S. The fraction of sp³-hybridized carbons (Fsp3) is 0.571. The van der Waals surface area contributed by atoms with Crippen molar-refractivity contribution < 1.29 is 36.3 Å². The second kappa shape index (κ2) is 9.24. The Morgan fingerprint density at radius 1 is 1.30 bits per heavy atom. The van der Waals surface area contributed by atoms with E-state index < -0.39 is 52.4 Å². The number of alkyl halides is 2. The van der Waals surface area contributed by atoms with Gasteiger partial charge in [-0.15, -0.1) is 0 Å². The van der Waals surface area contributed by atoms with Crippen molar-refractivity contribution in [1.82, 2.24) is 15.1 Å². The van der Waals surface area contributed by atoms with Gasteiger partial charge in [0.2, 0.25) is 5.91 Å². The highest BCUT2D eigenvalue weighted by molar-refractivity contribution is 7.91. The average Bonchev–Trinajstić information content (AvgIpc) is 3.19. The van der Waals surface area contributed by atoms with Crippen LogP contribution in [0.1, 0.15) is 39.2 Å². The standard InChI is InChI=1S/C21H27F2N3O6S/c1-4-13(2)26(15-9-10-33(30,31)12-15)17(27)11-25-18(28)21(3,24-20(25)29)14-5-7-16(8-6-14)32-19(22)23/h5-8,13,15,19H,4,9-12H2,1-3H3,(H,24,29)/t13-,15-,21+/m1/s1. The number of amides is 4. The van der Waals surface area contributed by atoms with Crippen molar-refractivity contribution in [3.8, 4) is 5.75 Å². The summed E-state index contributed by atoms with van der Waals surface area (Å²) in [6.45, 7) is 1.58. The van der Waals surface area contributed by atoms with Crippen molar-refractivity contribution in [2.75, 3.05) is 18.1 Å². The molecule has 4 amide bonds. The number of halogens is 2. The van der Waals surface area contributed by atoms with Crippen LogP contribution in [-0.2, 0) is 25.0 Å². The summed E-state index contributed by atoms with van der Waals surface area (Å²) >= 11 is 0. The predicted molar refractivity (Wildman–Crippen MR) is 114 cm³/mol. The lowest BCUT2D eigenvalue weighted by Crippen LogP contribution is -2.51. The number of carbonyl (C=O) groups excluding carboxylic acids is 3. The van der Waals surface area contributed by atoms with Crippen LogP contribution in [0.4, 0.5) is 13.6 Å². The molecule has 2 saturated heterocycles. The summed E-state index contributed by atoms with van der Waals surface area (Å²) in [5.74, 6) is -1.44. The number of rotatable bonds is 8. The number of imide groups is 1. The summed E-state index contributed by atoms with van der Waals surface area (Å²) < 4.78 is 52.9. The average molecular weight is 488 g/mol. The van der Waals surface area contributed by atoms with Gasteiger partial charge >= 0.3 is 12.6 Å². The molecule has 0 aliphatic carbocycles. The van der Waals surface area contributed by atoms with Crippen molar-refractivity contribution in [2.45, 2.75) is 57.8 Å². The Morgan fingerprint density at radius 2 is 1.94 bits per heavy atom. The molecule has 2 fully saturated rings. The molecule has 1 aromatic carbocycles. The first-order valence-electron chi connectivity index (χ1n) is 10.6. The molecule has 9 nitrogen and oxygen atoms in total. The van der Waals surface area contributed by atoms with Gasteiger partial charge in [0.05, 0.1) is 11.5 Å². The molecule has 0 bridgehead atoms. The van der Waals surface area contributed by atoms with E-state index in [1.807, 2.05) is 6.92 Å². The molecule has 0 spiro atoms. The van der Waals surface area contributed by atoms with Gasteiger partial charge in [-0.05, 0) is 44.4 Å². The van der Waals surface area contributed by atoms with Crippen LogP contribution < -0.4 is 10.1 Å². The van der Waals surface area contributed by atoms with E-state index in [0.29, 0.717) is 18.4 Å². The molecule has 2 aliphatic heterocycles. The first kappa shape index (κ1) is 24.9. The largest absolute Gasteiger partial charge is 0.435 e. The monoisotopic (exact) mass is 487 g/mol. The number of hydrogen-bond acceptors (Lipinski definition) is 6. The fourth-order valence-corrected chi connectivity index (χ4v) is 5.93. The molecule has 3 rings (SSSR count). The van der Waals surface area contributed by atoms with Crippen LogP contribution in [0.15, 0.2) is 24.3 Å². The zero-order valence-electron chi connectivity index (χ0n) is 18.6. The van der Waals surface area contributed by atoms with Crippen molar-refractivity contribution in [2.24, 2.45) is 0 Å². The summed E-state index contributed by atoms with van der Waals surface area (Å²) in [5.41, 5.74) is -1.17. The lowest BCUT2D eigenvalue weighted by Gasteiger charge is -2.34. The third kappa shape index (κ3) is 5.10. The second-order valence-electron chi connectivity index (χ2n) is 8.46. The van der Waals surface area contributed by atoms with Gasteiger partial charge in [-0.2, -0.15) is 8.78 Å². The van der Waals surface area contributed by atoms with Crippen molar-refractivity contribution in [3.05, 3.63) is 29.8 Å². The van der Waals surface area contributed by atoms with Gasteiger partial charge in [0, 0.05) is 12.1 Å². The Kier molecular flexibility index (Phi) is 6.96. The Morgan fingerprint density at radius 3 is 2.45 bits per heavy atom. The number of hydrogen-bond donors (Lipinski definition) is 1. The summed E-state index contributed by atoms with van der Waals surface area (Å²) in [6.07, 6.45) is 0.885. The zero-order chi connectivity index (χ0) is 24.6. The zero-order valence-corrected chi connectivity index (χ0v) is 19.4. The Balaban J connectivity index is 1.78. The van der Waals surface area contributed by atoms with Crippen molar-refractivity contribution in [3.63, 3.8) is 0 Å². The van der Waals surface area contributed by atoms with E-state index in [4.69, 9.17) is 0 Å². The highest BCUT2D eigenvalue weighted by Gasteiger charge is 2.50. The maximum atomic E-state index is 13.2. The number of urea groups is 1. The number of ether oxygens (including phenoxy) is 1. The quantitative estimate of drug-likeness (QED) is 0.560. The molecule has 2 aliphatic rings. The van der Waals surface area contributed by atoms with E-state index in [9.17, 15) is 31.6 Å². The first-order valence-corrected chi connectivity index (χ1v) is 12.4. The molecule has 0 aromatic heterocycles. The number of nitrogens with one attached hydrogen (secondary N) is 1. The minimum atomic E-state index is -3.24. The van der Waals surface area contributed by atoms with Crippen LogP contribution in [0.3, 0.4) is 0 Å². The van der Waals surface area contributed by atoms with Gasteiger partial charge < -0.3 is 15.0 Å². The molecule has 3 atom stereocenters. The SMILES string of the molecule is CC[C@@H](C)N(C(=O)CN1C(=O)N[C@@](C)(c2ccc(OC(F)F)cc2)C1=O)[C@@H]1CCS(=O)(=O)C1. The van der Waals surface area contributed by atoms with Crippen LogP contribution >= 0.6 is 0 Å². The molecule has 0 unspecified atom stereocenters. The highest BCUT2D eigenvalue weighted by atomic mass is 32.2. The molecule has 0 saturated carbocycles.